The van der Waals surface area contributed by atoms with E-state index in [-0.39, 0.29) is 29.7 Å². The molecule has 0 aromatic heterocycles. The lowest BCUT2D eigenvalue weighted by Crippen LogP contribution is -2.29. The van der Waals surface area contributed by atoms with Crippen LogP contribution in [0.15, 0.2) is 11.6 Å². The number of hydrogen-bond acceptors (Lipinski definition) is 4. The number of methoxy groups -OCH3 is 1. The van der Waals surface area contributed by atoms with Crippen LogP contribution in [0.4, 0.5) is 0 Å². The molecule has 0 N–H and O–H groups in total. The van der Waals surface area contributed by atoms with Crippen molar-refractivity contribution in [3.63, 3.8) is 0 Å². The highest BCUT2D eigenvalue weighted by Crippen LogP contribution is 2.38. The molecule has 2 unspecified atom stereocenters. The smallest absolute Gasteiger partial charge is 0.333 e. The molecule has 0 bridgehead atoms. The lowest BCUT2D eigenvalue weighted by Gasteiger charge is -2.24. The van der Waals surface area contributed by atoms with Crippen LogP contribution in [-0.4, -0.2) is 25.7 Å². The van der Waals surface area contributed by atoms with E-state index in [0.29, 0.717) is 18.6 Å². The van der Waals surface area contributed by atoms with E-state index in [1.165, 1.54) is 7.11 Å². The van der Waals surface area contributed by atoms with Crippen LogP contribution in [0.1, 0.15) is 27.2 Å². The molecular formula is C13H20O4. The van der Waals surface area contributed by atoms with E-state index < -0.39 is 0 Å². The van der Waals surface area contributed by atoms with Crippen molar-refractivity contribution < 1.29 is 19.1 Å². The van der Waals surface area contributed by atoms with Gasteiger partial charge in [0.1, 0.15) is 0 Å². The molecule has 4 heteroatoms. The van der Waals surface area contributed by atoms with Crippen LogP contribution in [-0.2, 0) is 19.1 Å². The van der Waals surface area contributed by atoms with Crippen molar-refractivity contribution in [1.82, 2.24) is 0 Å². The van der Waals surface area contributed by atoms with Gasteiger partial charge >= 0.3 is 11.9 Å². The predicted octanol–water partition coefficient (Wildman–Crippen LogP) is 1.94. The van der Waals surface area contributed by atoms with Gasteiger partial charge in [-0.3, -0.25) is 4.79 Å². The van der Waals surface area contributed by atoms with Crippen LogP contribution < -0.4 is 0 Å². The maximum atomic E-state index is 11.8. The topological polar surface area (TPSA) is 52.6 Å². The summed E-state index contributed by atoms with van der Waals surface area (Å²) < 4.78 is 9.79. The third-order valence-electron chi connectivity index (χ3n) is 3.11. The van der Waals surface area contributed by atoms with Crippen LogP contribution in [0.5, 0.6) is 0 Å². The van der Waals surface area contributed by atoms with Gasteiger partial charge < -0.3 is 9.47 Å². The summed E-state index contributed by atoms with van der Waals surface area (Å²) >= 11 is 0. The van der Waals surface area contributed by atoms with E-state index in [1.807, 2.05) is 13.8 Å². The van der Waals surface area contributed by atoms with E-state index in [2.05, 4.69) is 0 Å². The van der Waals surface area contributed by atoms with Crippen LogP contribution in [0.2, 0.25) is 0 Å². The molecule has 2 atom stereocenters. The fourth-order valence-corrected chi connectivity index (χ4v) is 2.41. The third kappa shape index (κ3) is 2.87. The monoisotopic (exact) mass is 240 g/mol. The zero-order valence-electron chi connectivity index (χ0n) is 10.9. The van der Waals surface area contributed by atoms with Gasteiger partial charge in [-0.05, 0) is 19.3 Å². The highest BCUT2D eigenvalue weighted by atomic mass is 16.5. The van der Waals surface area contributed by atoms with Gasteiger partial charge in [0, 0.05) is 11.5 Å². The van der Waals surface area contributed by atoms with Crippen LogP contribution in [0, 0.1) is 17.8 Å². The normalized spacial score (nSPS) is 23.5. The van der Waals surface area contributed by atoms with E-state index in [1.54, 1.807) is 13.0 Å². The molecule has 17 heavy (non-hydrogen) atoms. The number of esters is 2. The molecule has 1 rings (SSSR count). The molecule has 0 spiro atoms. The molecule has 0 heterocycles. The Labute approximate surface area is 102 Å². The van der Waals surface area contributed by atoms with Gasteiger partial charge in [-0.15, -0.1) is 0 Å². The molecule has 0 radical (unpaired) electrons. The Hall–Kier alpha value is -1.32. The number of allylic oxidation sites excluding steroid dienone is 1. The number of carbonyl (C=O) groups is 2. The van der Waals surface area contributed by atoms with Crippen molar-refractivity contribution in [2.24, 2.45) is 17.8 Å². The van der Waals surface area contributed by atoms with Crippen molar-refractivity contribution in [3.05, 3.63) is 11.6 Å². The second kappa shape index (κ2) is 5.84. The summed E-state index contributed by atoms with van der Waals surface area (Å²) in [6.07, 6.45) is 2.37. The third-order valence-corrected chi connectivity index (χ3v) is 3.11. The van der Waals surface area contributed by atoms with Gasteiger partial charge in [0.25, 0.3) is 0 Å². The molecule has 1 aliphatic carbocycles. The van der Waals surface area contributed by atoms with E-state index >= 15 is 0 Å². The Morgan fingerprint density at radius 3 is 2.59 bits per heavy atom. The number of hydrogen-bond donors (Lipinski definition) is 0. The van der Waals surface area contributed by atoms with Crippen molar-refractivity contribution in [3.8, 4) is 0 Å². The molecule has 0 saturated carbocycles. The van der Waals surface area contributed by atoms with Gasteiger partial charge in [-0.1, -0.05) is 19.9 Å². The van der Waals surface area contributed by atoms with Crippen molar-refractivity contribution in [1.29, 1.82) is 0 Å². The van der Waals surface area contributed by atoms with Crippen molar-refractivity contribution >= 4 is 11.9 Å². The molecule has 4 nitrogen and oxygen atoms in total. The van der Waals surface area contributed by atoms with Crippen molar-refractivity contribution in [2.45, 2.75) is 27.2 Å². The molecule has 0 aromatic carbocycles. The Bertz CT molecular complexity index is 330. The molecule has 0 aromatic rings. The fourth-order valence-electron chi connectivity index (χ4n) is 2.41. The zero-order valence-corrected chi connectivity index (χ0v) is 10.9. The summed E-state index contributed by atoms with van der Waals surface area (Å²) in [6.45, 7) is 6.15. The van der Waals surface area contributed by atoms with Crippen molar-refractivity contribution in [2.75, 3.05) is 13.7 Å². The Balaban J connectivity index is 2.86. The zero-order chi connectivity index (χ0) is 13.0. The SMILES string of the molecule is CCOC(=O)C1CC=C(C(=O)OC)C1C(C)C. The van der Waals surface area contributed by atoms with E-state index in [9.17, 15) is 9.59 Å². The number of rotatable bonds is 4. The molecule has 1 aliphatic rings. The molecule has 0 saturated heterocycles. The molecule has 0 aliphatic heterocycles. The molecule has 0 amide bonds. The lowest BCUT2D eigenvalue weighted by atomic mass is 9.82. The predicted molar refractivity (Wildman–Crippen MR) is 63.2 cm³/mol. The second-order valence-corrected chi connectivity index (χ2v) is 4.52. The van der Waals surface area contributed by atoms with Gasteiger partial charge in [0.05, 0.1) is 19.6 Å². The summed E-state index contributed by atoms with van der Waals surface area (Å²) in [4.78, 5) is 23.4. The highest BCUT2D eigenvalue weighted by molar-refractivity contribution is 5.91. The largest absolute Gasteiger partial charge is 0.466 e. The van der Waals surface area contributed by atoms with E-state index in [0.717, 1.165) is 0 Å². The first-order chi connectivity index (χ1) is 8.02. The minimum Gasteiger partial charge on any atom is -0.466 e. The van der Waals surface area contributed by atoms with Gasteiger partial charge in [-0.25, -0.2) is 4.79 Å². The minimum atomic E-state index is -0.338. The average Bonchev–Trinajstić information content (AvgIpc) is 2.72. The summed E-state index contributed by atoms with van der Waals surface area (Å²) in [5.41, 5.74) is 0.612. The fraction of sp³-hybridized carbons (Fsp3) is 0.692. The summed E-state index contributed by atoms with van der Waals surface area (Å²) in [5, 5.41) is 0. The Morgan fingerprint density at radius 2 is 2.12 bits per heavy atom. The Morgan fingerprint density at radius 1 is 1.47 bits per heavy atom. The first kappa shape index (κ1) is 13.7. The second-order valence-electron chi connectivity index (χ2n) is 4.52. The maximum Gasteiger partial charge on any atom is 0.333 e. The first-order valence-electron chi connectivity index (χ1n) is 5.97. The number of carbonyl (C=O) groups excluding carboxylic acids is 2. The van der Waals surface area contributed by atoms with E-state index in [4.69, 9.17) is 9.47 Å². The highest BCUT2D eigenvalue weighted by Gasteiger charge is 2.40. The quantitative estimate of drug-likeness (QED) is 0.705. The summed E-state index contributed by atoms with van der Waals surface area (Å²) in [6, 6.07) is 0. The van der Waals surface area contributed by atoms with Crippen LogP contribution in [0.3, 0.4) is 0 Å². The Kier molecular flexibility index (Phi) is 4.73. The maximum absolute atomic E-state index is 11.8. The summed E-state index contributed by atoms with van der Waals surface area (Å²) in [5.74, 6) is -0.695. The van der Waals surface area contributed by atoms with Crippen LogP contribution >= 0.6 is 0 Å². The number of ether oxygens (including phenoxy) is 2. The minimum absolute atomic E-state index is 0.0958. The van der Waals surface area contributed by atoms with Gasteiger partial charge in [-0.2, -0.15) is 0 Å². The summed E-state index contributed by atoms with van der Waals surface area (Å²) in [7, 11) is 1.36. The van der Waals surface area contributed by atoms with Gasteiger partial charge in [0.2, 0.25) is 0 Å². The average molecular weight is 240 g/mol. The molecule has 96 valence electrons. The standard InChI is InChI=1S/C13H20O4/c1-5-17-13(15)10-7-6-9(12(14)16-4)11(10)8(2)3/h6,8,10-11H,5,7H2,1-4H3. The van der Waals surface area contributed by atoms with Crippen LogP contribution in [0.25, 0.3) is 0 Å². The molecular weight excluding hydrogens is 220 g/mol. The first-order valence-corrected chi connectivity index (χ1v) is 5.97. The molecule has 0 fully saturated rings. The lowest BCUT2D eigenvalue weighted by molar-refractivity contribution is -0.149. The van der Waals surface area contributed by atoms with Gasteiger partial charge in [0.15, 0.2) is 0 Å².